The molecule has 98 valence electrons. The second-order valence-electron chi connectivity index (χ2n) is 3.70. The van der Waals surface area contributed by atoms with Gasteiger partial charge in [0.15, 0.2) is 0 Å². The van der Waals surface area contributed by atoms with E-state index in [-0.39, 0.29) is 10.6 Å². The maximum Gasteiger partial charge on any atom is 0.258 e. The first-order valence-corrected chi connectivity index (χ1v) is 6.32. The Balaban J connectivity index is 2.28. The van der Waals surface area contributed by atoms with Gasteiger partial charge in [0.05, 0.1) is 16.3 Å². The molecule has 2 nitrogen and oxygen atoms in total. The third kappa shape index (κ3) is 3.38. The maximum absolute atomic E-state index is 13.6. The second kappa shape index (κ2) is 5.78. The SMILES string of the molecule is O=C(Nc1cc(Cl)ccc1Cl)c1ccc(Cl)cc1F. The fraction of sp³-hybridized carbons (Fsp3) is 0. The van der Waals surface area contributed by atoms with E-state index in [9.17, 15) is 9.18 Å². The highest BCUT2D eigenvalue weighted by Gasteiger charge is 2.13. The average Bonchev–Trinajstić information content (AvgIpc) is 2.33. The van der Waals surface area contributed by atoms with E-state index >= 15 is 0 Å². The van der Waals surface area contributed by atoms with E-state index in [4.69, 9.17) is 34.8 Å². The van der Waals surface area contributed by atoms with Gasteiger partial charge in [-0.05, 0) is 36.4 Å². The van der Waals surface area contributed by atoms with E-state index in [0.717, 1.165) is 6.07 Å². The van der Waals surface area contributed by atoms with Gasteiger partial charge < -0.3 is 5.32 Å². The van der Waals surface area contributed by atoms with Gasteiger partial charge in [-0.1, -0.05) is 34.8 Å². The molecule has 0 atom stereocenters. The van der Waals surface area contributed by atoms with Gasteiger partial charge in [-0.25, -0.2) is 4.39 Å². The van der Waals surface area contributed by atoms with E-state index in [1.165, 1.54) is 24.3 Å². The number of carbonyl (C=O) groups excluding carboxylic acids is 1. The number of anilines is 1. The zero-order chi connectivity index (χ0) is 14.0. The normalized spacial score (nSPS) is 10.3. The lowest BCUT2D eigenvalue weighted by atomic mass is 10.2. The van der Waals surface area contributed by atoms with Crippen LogP contribution < -0.4 is 5.32 Å². The van der Waals surface area contributed by atoms with Gasteiger partial charge in [0.25, 0.3) is 5.91 Å². The van der Waals surface area contributed by atoms with Crippen LogP contribution in [0.2, 0.25) is 15.1 Å². The van der Waals surface area contributed by atoms with Gasteiger partial charge in [0.2, 0.25) is 0 Å². The zero-order valence-corrected chi connectivity index (χ0v) is 11.7. The third-order valence-corrected chi connectivity index (χ3v) is 3.15. The number of rotatable bonds is 2. The van der Waals surface area contributed by atoms with Crippen LogP contribution in [0.15, 0.2) is 36.4 Å². The van der Waals surface area contributed by atoms with E-state index in [0.29, 0.717) is 15.7 Å². The van der Waals surface area contributed by atoms with Gasteiger partial charge in [-0.3, -0.25) is 4.79 Å². The molecule has 0 spiro atoms. The minimum Gasteiger partial charge on any atom is -0.320 e. The van der Waals surface area contributed by atoms with E-state index in [1.807, 2.05) is 0 Å². The summed E-state index contributed by atoms with van der Waals surface area (Å²) in [6, 6.07) is 8.40. The average molecular weight is 319 g/mol. The van der Waals surface area contributed by atoms with Gasteiger partial charge in [-0.2, -0.15) is 0 Å². The smallest absolute Gasteiger partial charge is 0.258 e. The van der Waals surface area contributed by atoms with Crippen LogP contribution in [0.3, 0.4) is 0 Å². The summed E-state index contributed by atoms with van der Waals surface area (Å²) in [6.07, 6.45) is 0. The summed E-state index contributed by atoms with van der Waals surface area (Å²) in [6.45, 7) is 0. The molecule has 0 saturated heterocycles. The monoisotopic (exact) mass is 317 g/mol. The van der Waals surface area contributed by atoms with Crippen LogP contribution in [0.25, 0.3) is 0 Å². The van der Waals surface area contributed by atoms with Crippen molar-refractivity contribution in [2.45, 2.75) is 0 Å². The van der Waals surface area contributed by atoms with Crippen molar-refractivity contribution < 1.29 is 9.18 Å². The Morgan fingerprint density at radius 3 is 2.32 bits per heavy atom. The molecule has 0 saturated carbocycles. The first kappa shape index (κ1) is 14.1. The minimum absolute atomic E-state index is 0.125. The predicted octanol–water partition coefficient (Wildman–Crippen LogP) is 5.04. The Kier molecular flexibility index (Phi) is 4.30. The molecule has 19 heavy (non-hydrogen) atoms. The highest BCUT2D eigenvalue weighted by molar-refractivity contribution is 6.36. The Morgan fingerprint density at radius 2 is 1.63 bits per heavy atom. The molecule has 0 aromatic heterocycles. The van der Waals surface area contributed by atoms with Crippen molar-refractivity contribution in [3.63, 3.8) is 0 Å². The molecule has 0 bridgehead atoms. The molecule has 1 amide bonds. The van der Waals surface area contributed by atoms with E-state index < -0.39 is 11.7 Å². The number of hydrogen-bond donors (Lipinski definition) is 1. The number of carbonyl (C=O) groups is 1. The van der Waals surface area contributed by atoms with Crippen molar-refractivity contribution in [1.29, 1.82) is 0 Å². The summed E-state index contributed by atoms with van der Waals surface area (Å²) in [5, 5.41) is 3.43. The quantitative estimate of drug-likeness (QED) is 0.826. The molecule has 1 N–H and O–H groups in total. The van der Waals surface area contributed by atoms with Crippen molar-refractivity contribution in [3.8, 4) is 0 Å². The molecular formula is C13H7Cl3FNO. The van der Waals surface area contributed by atoms with E-state index in [2.05, 4.69) is 5.32 Å². The van der Waals surface area contributed by atoms with Crippen molar-refractivity contribution in [2.75, 3.05) is 5.32 Å². The van der Waals surface area contributed by atoms with Crippen LogP contribution in [-0.2, 0) is 0 Å². The van der Waals surface area contributed by atoms with Gasteiger partial charge in [0, 0.05) is 10.0 Å². The highest BCUT2D eigenvalue weighted by Crippen LogP contribution is 2.26. The molecule has 6 heteroatoms. The number of benzene rings is 2. The van der Waals surface area contributed by atoms with E-state index in [1.54, 1.807) is 6.07 Å². The summed E-state index contributed by atoms with van der Waals surface area (Å²) in [4.78, 5) is 11.9. The number of hydrogen-bond acceptors (Lipinski definition) is 1. The largest absolute Gasteiger partial charge is 0.320 e. The van der Waals surface area contributed by atoms with Crippen LogP contribution in [-0.4, -0.2) is 5.91 Å². The third-order valence-electron chi connectivity index (χ3n) is 2.35. The molecule has 0 aliphatic heterocycles. The molecule has 2 rings (SSSR count). The topological polar surface area (TPSA) is 29.1 Å². The lowest BCUT2D eigenvalue weighted by molar-refractivity contribution is 0.102. The van der Waals surface area contributed by atoms with Crippen LogP contribution in [0, 0.1) is 5.82 Å². The fourth-order valence-corrected chi connectivity index (χ4v) is 1.95. The summed E-state index contributed by atoms with van der Waals surface area (Å²) in [7, 11) is 0. The molecule has 0 radical (unpaired) electrons. The second-order valence-corrected chi connectivity index (χ2v) is 4.98. The number of nitrogens with one attached hydrogen (secondary N) is 1. The van der Waals surface area contributed by atoms with Gasteiger partial charge in [0.1, 0.15) is 5.82 Å². The molecule has 2 aromatic carbocycles. The maximum atomic E-state index is 13.6. The first-order valence-electron chi connectivity index (χ1n) is 5.19. The lowest BCUT2D eigenvalue weighted by Gasteiger charge is -2.08. The van der Waals surface area contributed by atoms with Crippen LogP contribution in [0.4, 0.5) is 10.1 Å². The zero-order valence-electron chi connectivity index (χ0n) is 9.38. The van der Waals surface area contributed by atoms with Gasteiger partial charge >= 0.3 is 0 Å². The fourth-order valence-electron chi connectivity index (χ4n) is 1.46. The van der Waals surface area contributed by atoms with Crippen LogP contribution in [0.5, 0.6) is 0 Å². The summed E-state index contributed by atoms with van der Waals surface area (Å²) < 4.78 is 13.6. The lowest BCUT2D eigenvalue weighted by Crippen LogP contribution is -2.14. The molecular weight excluding hydrogens is 312 g/mol. The molecule has 0 heterocycles. The molecule has 2 aromatic rings. The Morgan fingerprint density at radius 1 is 1.00 bits per heavy atom. The van der Waals surface area contributed by atoms with Crippen molar-refractivity contribution in [2.24, 2.45) is 0 Å². The summed E-state index contributed by atoms with van der Waals surface area (Å²) >= 11 is 17.3. The van der Waals surface area contributed by atoms with Crippen LogP contribution >= 0.6 is 34.8 Å². The Bertz CT molecular complexity index is 646. The summed E-state index contributed by atoms with van der Waals surface area (Å²) in [5.41, 5.74) is 0.189. The standard InChI is InChI=1S/C13H7Cl3FNO/c14-7-1-3-9(11(17)5-7)13(19)18-12-6-8(15)2-4-10(12)16/h1-6H,(H,18,19). The van der Waals surface area contributed by atoms with Crippen LogP contribution in [0.1, 0.15) is 10.4 Å². The molecule has 0 fully saturated rings. The Hall–Kier alpha value is -1.29. The Labute approximate surface area is 124 Å². The van der Waals surface area contributed by atoms with Gasteiger partial charge in [-0.15, -0.1) is 0 Å². The summed E-state index contributed by atoms with van der Waals surface area (Å²) in [5.74, 6) is -1.33. The predicted molar refractivity (Wildman–Crippen MR) is 75.8 cm³/mol. The highest BCUT2D eigenvalue weighted by atomic mass is 35.5. The molecule has 0 aliphatic rings. The molecule has 0 unspecified atom stereocenters. The first-order chi connectivity index (χ1) is 8.97. The van der Waals surface area contributed by atoms with Crippen molar-refractivity contribution in [1.82, 2.24) is 0 Å². The van der Waals surface area contributed by atoms with Crippen molar-refractivity contribution in [3.05, 3.63) is 62.8 Å². The number of amides is 1. The molecule has 0 aliphatic carbocycles. The minimum atomic E-state index is -0.705. The van der Waals surface area contributed by atoms with Crippen molar-refractivity contribution >= 4 is 46.4 Å². The number of halogens is 4.